The van der Waals surface area contributed by atoms with Gasteiger partial charge in [-0.3, -0.25) is 0 Å². The van der Waals surface area contributed by atoms with E-state index in [4.69, 9.17) is 9.15 Å². The molecule has 3 heteroatoms. The molecule has 0 radical (unpaired) electrons. The highest BCUT2D eigenvalue weighted by Crippen LogP contribution is 2.14. The molecule has 1 aromatic rings. The predicted molar refractivity (Wildman–Crippen MR) is 61.0 cm³/mol. The molecule has 0 aromatic carbocycles. The van der Waals surface area contributed by atoms with Crippen LogP contribution < -0.4 is 5.32 Å². The van der Waals surface area contributed by atoms with E-state index in [1.54, 1.807) is 0 Å². The van der Waals surface area contributed by atoms with Gasteiger partial charge >= 0.3 is 0 Å². The number of nitrogens with one attached hydrogen (secondary N) is 1. The molecule has 1 rings (SSSR count). The van der Waals surface area contributed by atoms with Crippen molar-refractivity contribution in [3.8, 4) is 0 Å². The molecule has 15 heavy (non-hydrogen) atoms. The van der Waals surface area contributed by atoms with Crippen molar-refractivity contribution in [1.82, 2.24) is 5.32 Å². The number of furan rings is 1. The van der Waals surface area contributed by atoms with Gasteiger partial charge in [-0.2, -0.15) is 0 Å². The summed E-state index contributed by atoms with van der Waals surface area (Å²) in [6.07, 6.45) is 1.08. The Labute approximate surface area is 91.8 Å². The fraction of sp³-hybridized carbons (Fsp3) is 0.667. The first-order chi connectivity index (χ1) is 7.24. The van der Waals surface area contributed by atoms with Crippen LogP contribution in [0, 0.1) is 6.92 Å². The molecule has 1 N–H and O–H groups in total. The summed E-state index contributed by atoms with van der Waals surface area (Å²) in [5, 5.41) is 3.35. The second-order valence-electron chi connectivity index (χ2n) is 3.74. The maximum absolute atomic E-state index is 5.52. The number of aryl methyl sites for hydroxylation is 1. The Morgan fingerprint density at radius 2 is 2.20 bits per heavy atom. The van der Waals surface area contributed by atoms with Crippen molar-refractivity contribution in [2.75, 3.05) is 19.8 Å². The second-order valence-corrected chi connectivity index (χ2v) is 3.74. The van der Waals surface area contributed by atoms with Crippen LogP contribution in [0.15, 0.2) is 16.5 Å². The van der Waals surface area contributed by atoms with Gasteiger partial charge in [-0.05, 0) is 32.4 Å². The van der Waals surface area contributed by atoms with Gasteiger partial charge in [0.1, 0.15) is 11.5 Å². The lowest BCUT2D eigenvalue weighted by atomic mass is 10.2. The van der Waals surface area contributed by atoms with Crippen LogP contribution in [0.1, 0.15) is 37.8 Å². The van der Waals surface area contributed by atoms with Gasteiger partial charge in [0.25, 0.3) is 0 Å². The zero-order valence-electron chi connectivity index (χ0n) is 9.88. The Hall–Kier alpha value is -0.800. The van der Waals surface area contributed by atoms with Crippen molar-refractivity contribution in [2.45, 2.75) is 33.2 Å². The molecular weight excluding hydrogens is 190 g/mol. The zero-order valence-corrected chi connectivity index (χ0v) is 9.88. The minimum absolute atomic E-state index is 0.254. The first-order valence-corrected chi connectivity index (χ1v) is 5.61. The number of rotatable bonds is 7. The largest absolute Gasteiger partial charge is 0.465 e. The Balaban J connectivity index is 2.16. The van der Waals surface area contributed by atoms with Crippen LogP contribution in [0.5, 0.6) is 0 Å². The molecule has 0 aliphatic heterocycles. The highest BCUT2D eigenvalue weighted by molar-refractivity contribution is 5.08. The maximum Gasteiger partial charge on any atom is 0.120 e. The van der Waals surface area contributed by atoms with E-state index in [0.29, 0.717) is 0 Å². The SMILES string of the molecule is CCCOCCNC(C)c1ccc(C)o1. The molecule has 0 aliphatic carbocycles. The minimum Gasteiger partial charge on any atom is -0.465 e. The van der Waals surface area contributed by atoms with E-state index in [1.807, 2.05) is 19.1 Å². The van der Waals surface area contributed by atoms with E-state index in [-0.39, 0.29) is 6.04 Å². The van der Waals surface area contributed by atoms with Crippen molar-refractivity contribution in [2.24, 2.45) is 0 Å². The summed E-state index contributed by atoms with van der Waals surface area (Å²) in [6.45, 7) is 8.63. The van der Waals surface area contributed by atoms with Crippen LogP contribution >= 0.6 is 0 Å². The summed E-state index contributed by atoms with van der Waals surface area (Å²) < 4.78 is 10.9. The van der Waals surface area contributed by atoms with Crippen LogP contribution in [0.25, 0.3) is 0 Å². The second kappa shape index (κ2) is 6.64. The molecule has 1 atom stereocenters. The Morgan fingerprint density at radius 1 is 1.40 bits per heavy atom. The molecule has 0 amide bonds. The molecular formula is C12H21NO2. The average Bonchev–Trinajstić information content (AvgIpc) is 2.64. The smallest absolute Gasteiger partial charge is 0.120 e. The zero-order chi connectivity index (χ0) is 11.1. The molecule has 0 saturated carbocycles. The van der Waals surface area contributed by atoms with Crippen LogP contribution in [0.4, 0.5) is 0 Å². The van der Waals surface area contributed by atoms with E-state index in [1.165, 1.54) is 0 Å². The Bertz CT molecular complexity index is 270. The normalized spacial score (nSPS) is 13.0. The highest BCUT2D eigenvalue weighted by atomic mass is 16.5. The lowest BCUT2D eigenvalue weighted by Crippen LogP contribution is -2.23. The van der Waals surface area contributed by atoms with Gasteiger partial charge in [0, 0.05) is 13.2 Å². The third-order valence-electron chi connectivity index (χ3n) is 2.23. The van der Waals surface area contributed by atoms with E-state index in [2.05, 4.69) is 19.2 Å². The summed E-state index contributed by atoms with van der Waals surface area (Å²) >= 11 is 0. The molecule has 0 saturated heterocycles. The van der Waals surface area contributed by atoms with Crippen molar-refractivity contribution >= 4 is 0 Å². The lowest BCUT2D eigenvalue weighted by molar-refractivity contribution is 0.134. The third kappa shape index (κ3) is 4.49. The van der Waals surface area contributed by atoms with Crippen molar-refractivity contribution < 1.29 is 9.15 Å². The van der Waals surface area contributed by atoms with E-state index in [0.717, 1.165) is 37.7 Å². The predicted octanol–water partition coefficient (Wildman–Crippen LogP) is 2.67. The Kier molecular flexibility index (Phi) is 5.43. The third-order valence-corrected chi connectivity index (χ3v) is 2.23. The summed E-state index contributed by atoms with van der Waals surface area (Å²) in [5.41, 5.74) is 0. The van der Waals surface area contributed by atoms with Gasteiger partial charge in [0.2, 0.25) is 0 Å². The van der Waals surface area contributed by atoms with Crippen molar-refractivity contribution in [3.63, 3.8) is 0 Å². The molecule has 0 spiro atoms. The summed E-state index contributed by atoms with van der Waals surface area (Å²) in [6, 6.07) is 4.25. The topological polar surface area (TPSA) is 34.4 Å². The van der Waals surface area contributed by atoms with E-state index in [9.17, 15) is 0 Å². The van der Waals surface area contributed by atoms with Crippen molar-refractivity contribution in [3.05, 3.63) is 23.7 Å². The molecule has 1 unspecified atom stereocenters. The Morgan fingerprint density at radius 3 is 2.80 bits per heavy atom. The first-order valence-electron chi connectivity index (χ1n) is 5.61. The van der Waals surface area contributed by atoms with Gasteiger partial charge in [-0.25, -0.2) is 0 Å². The highest BCUT2D eigenvalue weighted by Gasteiger charge is 2.07. The summed E-state index contributed by atoms with van der Waals surface area (Å²) in [7, 11) is 0. The average molecular weight is 211 g/mol. The van der Waals surface area contributed by atoms with Crippen LogP contribution in [0.2, 0.25) is 0 Å². The molecule has 1 aromatic heterocycles. The molecule has 1 heterocycles. The summed E-state index contributed by atoms with van der Waals surface area (Å²) in [4.78, 5) is 0. The van der Waals surface area contributed by atoms with Crippen LogP contribution in [-0.4, -0.2) is 19.8 Å². The number of ether oxygens (including phenoxy) is 1. The minimum atomic E-state index is 0.254. The van der Waals surface area contributed by atoms with E-state index >= 15 is 0 Å². The van der Waals surface area contributed by atoms with Gasteiger partial charge in [0.05, 0.1) is 12.6 Å². The van der Waals surface area contributed by atoms with Gasteiger partial charge in [0.15, 0.2) is 0 Å². The molecule has 3 nitrogen and oxygen atoms in total. The van der Waals surface area contributed by atoms with Crippen LogP contribution in [0.3, 0.4) is 0 Å². The summed E-state index contributed by atoms with van der Waals surface area (Å²) in [5.74, 6) is 1.95. The first kappa shape index (κ1) is 12.3. The molecule has 0 aliphatic rings. The molecule has 0 bridgehead atoms. The van der Waals surface area contributed by atoms with Gasteiger partial charge in [-0.1, -0.05) is 6.92 Å². The van der Waals surface area contributed by atoms with Crippen molar-refractivity contribution in [1.29, 1.82) is 0 Å². The monoisotopic (exact) mass is 211 g/mol. The maximum atomic E-state index is 5.52. The number of hydrogen-bond donors (Lipinski definition) is 1. The van der Waals surface area contributed by atoms with Gasteiger partial charge in [-0.15, -0.1) is 0 Å². The quantitative estimate of drug-likeness (QED) is 0.704. The van der Waals surface area contributed by atoms with E-state index < -0.39 is 0 Å². The fourth-order valence-electron chi connectivity index (χ4n) is 1.38. The molecule has 0 fully saturated rings. The fourth-order valence-corrected chi connectivity index (χ4v) is 1.38. The lowest BCUT2D eigenvalue weighted by Gasteiger charge is -2.11. The number of hydrogen-bond acceptors (Lipinski definition) is 3. The molecule has 86 valence electrons. The van der Waals surface area contributed by atoms with Gasteiger partial charge < -0.3 is 14.5 Å². The van der Waals surface area contributed by atoms with Crippen LogP contribution in [-0.2, 0) is 4.74 Å². The standard InChI is InChI=1S/C12H21NO2/c1-4-8-14-9-7-13-11(3)12-6-5-10(2)15-12/h5-6,11,13H,4,7-9H2,1-3H3.